The third-order valence-corrected chi connectivity index (χ3v) is 2.95. The van der Waals surface area contributed by atoms with Crippen LogP contribution < -0.4 is 5.32 Å². The Morgan fingerprint density at radius 2 is 2.06 bits per heavy atom. The van der Waals surface area contributed by atoms with Crippen LogP contribution in [0.15, 0.2) is 34.9 Å². The minimum Gasteiger partial charge on any atom is -0.336 e. The van der Waals surface area contributed by atoms with Crippen LogP contribution in [0.3, 0.4) is 0 Å². The zero-order valence-electron chi connectivity index (χ0n) is 8.35. The number of rotatable bonds is 2. The van der Waals surface area contributed by atoms with Crippen molar-refractivity contribution in [1.82, 2.24) is 4.98 Å². The second-order valence-electron chi connectivity index (χ2n) is 3.20. The largest absolute Gasteiger partial charge is 0.336 e. The van der Waals surface area contributed by atoms with Gasteiger partial charge in [-0.25, -0.2) is 13.8 Å². The van der Waals surface area contributed by atoms with Crippen molar-refractivity contribution in [3.8, 4) is 0 Å². The maximum Gasteiger partial charge on any atom is 0.151 e. The van der Waals surface area contributed by atoms with Gasteiger partial charge in [0.25, 0.3) is 0 Å². The van der Waals surface area contributed by atoms with E-state index in [1.807, 2.05) is 0 Å². The van der Waals surface area contributed by atoms with Crippen molar-refractivity contribution in [3.05, 3.63) is 51.6 Å². The van der Waals surface area contributed by atoms with Gasteiger partial charge in [-0.2, -0.15) is 0 Å². The standard InChI is InChI=1S/C11H6BrClF2N2/c12-7-2-1-3-16-11(7)17-10-8(13)4-6(14)5-9(10)15/h1-5H,(H,16,17). The number of hydrogen-bond acceptors (Lipinski definition) is 2. The molecule has 0 saturated heterocycles. The first-order valence-electron chi connectivity index (χ1n) is 4.60. The molecule has 2 aromatic rings. The van der Waals surface area contributed by atoms with Gasteiger partial charge in [-0.3, -0.25) is 0 Å². The van der Waals surface area contributed by atoms with E-state index in [-0.39, 0.29) is 10.7 Å². The van der Waals surface area contributed by atoms with E-state index >= 15 is 0 Å². The van der Waals surface area contributed by atoms with Gasteiger partial charge in [0.1, 0.15) is 11.6 Å². The molecule has 0 fully saturated rings. The smallest absolute Gasteiger partial charge is 0.151 e. The monoisotopic (exact) mass is 318 g/mol. The highest BCUT2D eigenvalue weighted by atomic mass is 79.9. The van der Waals surface area contributed by atoms with E-state index in [1.54, 1.807) is 18.3 Å². The fourth-order valence-electron chi connectivity index (χ4n) is 1.26. The van der Waals surface area contributed by atoms with Gasteiger partial charge in [0.15, 0.2) is 5.82 Å². The van der Waals surface area contributed by atoms with Gasteiger partial charge >= 0.3 is 0 Å². The molecule has 0 amide bonds. The van der Waals surface area contributed by atoms with Crippen LogP contribution in [-0.4, -0.2) is 4.98 Å². The molecule has 0 unspecified atom stereocenters. The molecule has 1 aromatic heterocycles. The van der Waals surface area contributed by atoms with Gasteiger partial charge in [-0.05, 0) is 34.1 Å². The van der Waals surface area contributed by atoms with Gasteiger partial charge in [-0.1, -0.05) is 11.6 Å². The van der Waals surface area contributed by atoms with Crippen LogP contribution in [0.2, 0.25) is 5.02 Å². The normalized spacial score (nSPS) is 10.4. The summed E-state index contributed by atoms with van der Waals surface area (Å²) in [5.74, 6) is -1.09. The Labute approximate surface area is 110 Å². The molecule has 88 valence electrons. The van der Waals surface area contributed by atoms with Gasteiger partial charge in [-0.15, -0.1) is 0 Å². The van der Waals surface area contributed by atoms with Crippen molar-refractivity contribution >= 4 is 39.0 Å². The van der Waals surface area contributed by atoms with Crippen molar-refractivity contribution in [3.63, 3.8) is 0 Å². The summed E-state index contributed by atoms with van der Waals surface area (Å²) < 4.78 is 27.0. The van der Waals surface area contributed by atoms with Crippen LogP contribution in [0, 0.1) is 11.6 Å². The van der Waals surface area contributed by atoms with Crippen molar-refractivity contribution in [2.24, 2.45) is 0 Å². The first-order chi connectivity index (χ1) is 8.08. The fourth-order valence-corrected chi connectivity index (χ4v) is 1.85. The van der Waals surface area contributed by atoms with E-state index in [9.17, 15) is 8.78 Å². The number of anilines is 2. The summed E-state index contributed by atoms with van der Waals surface area (Å²) in [4.78, 5) is 4.00. The third kappa shape index (κ3) is 2.73. The molecule has 2 rings (SSSR count). The highest BCUT2D eigenvalue weighted by Gasteiger charge is 2.11. The number of halogens is 4. The maximum absolute atomic E-state index is 13.5. The lowest BCUT2D eigenvalue weighted by Gasteiger charge is -2.10. The molecule has 0 atom stereocenters. The summed E-state index contributed by atoms with van der Waals surface area (Å²) in [6.45, 7) is 0. The topological polar surface area (TPSA) is 24.9 Å². The molecule has 6 heteroatoms. The van der Waals surface area contributed by atoms with Crippen molar-refractivity contribution in [1.29, 1.82) is 0 Å². The van der Waals surface area contributed by atoms with Crippen molar-refractivity contribution in [2.75, 3.05) is 5.32 Å². The summed E-state index contributed by atoms with van der Waals surface area (Å²) in [7, 11) is 0. The third-order valence-electron chi connectivity index (χ3n) is 2.01. The Morgan fingerprint density at radius 3 is 2.71 bits per heavy atom. The number of nitrogens with zero attached hydrogens (tertiary/aromatic N) is 1. The molecule has 1 heterocycles. The highest BCUT2D eigenvalue weighted by Crippen LogP contribution is 2.31. The summed E-state index contributed by atoms with van der Waals surface area (Å²) in [5, 5.41) is 2.66. The Kier molecular flexibility index (Phi) is 3.59. The Bertz CT molecular complexity index is 540. The van der Waals surface area contributed by atoms with Crippen LogP contribution in [-0.2, 0) is 0 Å². The van der Waals surface area contributed by atoms with E-state index in [1.165, 1.54) is 0 Å². The molecule has 0 spiro atoms. The van der Waals surface area contributed by atoms with Gasteiger partial charge in [0, 0.05) is 12.3 Å². The second-order valence-corrected chi connectivity index (χ2v) is 4.46. The number of benzene rings is 1. The molecule has 2 nitrogen and oxygen atoms in total. The summed E-state index contributed by atoms with van der Waals surface area (Å²) in [5.41, 5.74) is -0.00698. The second kappa shape index (κ2) is 4.98. The molecule has 0 aliphatic heterocycles. The van der Waals surface area contributed by atoms with Crippen molar-refractivity contribution in [2.45, 2.75) is 0 Å². The number of hydrogen-bond donors (Lipinski definition) is 1. The lowest BCUT2D eigenvalue weighted by atomic mass is 10.3. The Balaban J connectivity index is 2.40. The number of nitrogens with one attached hydrogen (secondary N) is 1. The average Bonchev–Trinajstić information content (AvgIpc) is 2.25. The van der Waals surface area contributed by atoms with Gasteiger partial charge in [0.2, 0.25) is 0 Å². The molecule has 0 bridgehead atoms. The molecular weight excluding hydrogens is 313 g/mol. The van der Waals surface area contributed by atoms with Crippen LogP contribution >= 0.6 is 27.5 Å². The molecule has 17 heavy (non-hydrogen) atoms. The molecular formula is C11H6BrClF2N2. The van der Waals surface area contributed by atoms with Crippen LogP contribution in [0.25, 0.3) is 0 Å². The predicted octanol–water partition coefficient (Wildman–Crippen LogP) is 4.52. The van der Waals surface area contributed by atoms with E-state index in [2.05, 4.69) is 26.2 Å². The van der Waals surface area contributed by atoms with E-state index in [0.717, 1.165) is 12.1 Å². The molecule has 0 radical (unpaired) electrons. The Hall–Kier alpha value is -1.20. The highest BCUT2D eigenvalue weighted by molar-refractivity contribution is 9.10. The summed E-state index contributed by atoms with van der Waals surface area (Å²) >= 11 is 9.00. The van der Waals surface area contributed by atoms with Crippen LogP contribution in [0.4, 0.5) is 20.3 Å². The first kappa shape index (κ1) is 12.3. The zero-order chi connectivity index (χ0) is 12.4. The molecule has 0 saturated carbocycles. The minimum atomic E-state index is -0.771. The van der Waals surface area contributed by atoms with Crippen molar-refractivity contribution < 1.29 is 8.78 Å². The average molecular weight is 320 g/mol. The van der Waals surface area contributed by atoms with E-state index < -0.39 is 11.6 Å². The SMILES string of the molecule is Fc1cc(F)c(Nc2ncccc2Br)c(Cl)c1. The summed E-state index contributed by atoms with van der Waals surface area (Å²) in [6.07, 6.45) is 1.54. The van der Waals surface area contributed by atoms with E-state index in [0.29, 0.717) is 10.3 Å². The quantitative estimate of drug-likeness (QED) is 0.880. The summed E-state index contributed by atoms with van der Waals surface area (Å²) in [6, 6.07) is 5.25. The maximum atomic E-state index is 13.5. The molecule has 1 N–H and O–H groups in total. The number of aromatic nitrogens is 1. The predicted molar refractivity (Wildman–Crippen MR) is 66.6 cm³/mol. The molecule has 1 aromatic carbocycles. The van der Waals surface area contributed by atoms with E-state index in [4.69, 9.17) is 11.6 Å². The molecule has 0 aliphatic carbocycles. The van der Waals surface area contributed by atoms with Crippen LogP contribution in [0.5, 0.6) is 0 Å². The Morgan fingerprint density at radius 1 is 1.29 bits per heavy atom. The first-order valence-corrected chi connectivity index (χ1v) is 5.77. The lowest BCUT2D eigenvalue weighted by molar-refractivity contribution is 0.586. The number of pyridine rings is 1. The van der Waals surface area contributed by atoms with Crippen LogP contribution in [0.1, 0.15) is 0 Å². The molecule has 0 aliphatic rings. The lowest BCUT2D eigenvalue weighted by Crippen LogP contribution is -1.98. The zero-order valence-corrected chi connectivity index (χ0v) is 10.7. The van der Waals surface area contributed by atoms with Gasteiger partial charge in [0.05, 0.1) is 15.2 Å². The van der Waals surface area contributed by atoms with Gasteiger partial charge < -0.3 is 5.32 Å². The minimum absolute atomic E-state index is 0.00698. The fraction of sp³-hybridized carbons (Fsp3) is 0.